The van der Waals surface area contributed by atoms with Crippen molar-refractivity contribution in [2.75, 3.05) is 11.5 Å². The molecule has 4 aliphatic rings. The van der Waals surface area contributed by atoms with Crippen molar-refractivity contribution in [2.24, 2.45) is 0 Å². The number of nitro benzene ring substituents is 3. The quantitative estimate of drug-likeness (QED) is 0.0117. The van der Waals surface area contributed by atoms with Gasteiger partial charge in [0.15, 0.2) is 0 Å². The van der Waals surface area contributed by atoms with Crippen LogP contribution in [-0.4, -0.2) is 67.6 Å². The Morgan fingerprint density at radius 1 is 0.293 bits per heavy atom. The highest BCUT2D eigenvalue weighted by molar-refractivity contribution is 14.1. The van der Waals surface area contributed by atoms with Crippen molar-refractivity contribution in [2.45, 2.75) is 232 Å². The molecule has 0 spiro atoms. The average molecular weight is 2700 g/mol. The van der Waals surface area contributed by atoms with Gasteiger partial charge in [-0.1, -0.05) is 347 Å². The fourth-order valence-corrected chi connectivity index (χ4v) is 35.2. The number of nitrogens with two attached hydrogens (primary N) is 2. The maximum atomic E-state index is 11.1. The van der Waals surface area contributed by atoms with E-state index in [9.17, 15) is 30.3 Å². The van der Waals surface area contributed by atoms with Gasteiger partial charge in [-0.05, 0) is 315 Å². The molecule has 0 radical (unpaired) electrons. The molecule has 0 aromatic heterocycles. The van der Waals surface area contributed by atoms with Gasteiger partial charge < -0.3 is 30.1 Å². The van der Waals surface area contributed by atoms with Crippen LogP contribution in [0.2, 0.25) is 24.2 Å². The molecule has 2 saturated heterocycles. The molecular weight excluding hydrogens is 2590 g/mol. The van der Waals surface area contributed by atoms with E-state index in [-0.39, 0.29) is 64.8 Å². The molecule has 0 saturated carbocycles. The number of hydrogen-bond acceptors (Lipinski definition) is 12. The van der Waals surface area contributed by atoms with E-state index in [2.05, 4.69) is 397 Å². The zero-order chi connectivity index (χ0) is 97.2. The van der Waals surface area contributed by atoms with Crippen LogP contribution >= 0.6 is 204 Å². The number of rotatable bonds is 28. The second-order valence-corrected chi connectivity index (χ2v) is 55.9. The predicted molar refractivity (Wildman–Crippen MR) is 614 cm³/mol. The molecule has 15 nitrogen and oxygen atoms in total. The van der Waals surface area contributed by atoms with Crippen LogP contribution in [0.3, 0.4) is 0 Å². The molecule has 4 heterocycles. The van der Waals surface area contributed by atoms with Crippen molar-refractivity contribution in [3.05, 3.63) is 282 Å². The lowest BCUT2D eigenvalue weighted by molar-refractivity contribution is -0.386. The molecule has 0 bridgehead atoms. The smallest absolute Gasteiger partial charge is 0.399 e. The Labute approximate surface area is 899 Å². The third kappa shape index (κ3) is 28.0. The third-order valence-corrected chi connectivity index (χ3v) is 43.3. The summed E-state index contributed by atoms with van der Waals surface area (Å²) in [6.07, 6.45) is 21.2. The molecule has 0 amide bonds. The zero-order valence-corrected chi connectivity index (χ0v) is 99.1. The highest BCUT2D eigenvalue weighted by Crippen LogP contribution is 2.45. The van der Waals surface area contributed by atoms with Crippen LogP contribution in [-0.2, 0) is 18.6 Å². The lowest BCUT2D eigenvalue weighted by atomic mass is 9.77. The van der Waals surface area contributed by atoms with Gasteiger partial charge in [-0.2, -0.15) is 0 Å². The minimum atomic E-state index is -2.10. The van der Waals surface area contributed by atoms with E-state index >= 15 is 0 Å². The zero-order valence-electron chi connectivity index (χ0n) is 77.0. The number of nitrogens with zero attached hydrogens (tertiary/aromatic N) is 3. The first-order valence-corrected chi connectivity index (χ1v) is 60.0. The van der Waals surface area contributed by atoms with Gasteiger partial charge in [-0.3, -0.25) is 30.3 Å². The molecule has 11 aromatic rings. The van der Waals surface area contributed by atoms with E-state index in [4.69, 9.17) is 30.1 Å². The minimum Gasteiger partial charge on any atom is -0.399 e. The van der Waals surface area contributed by atoms with Gasteiger partial charge in [0.05, 0.1) is 52.8 Å². The van der Waals surface area contributed by atoms with Crippen LogP contribution in [0.15, 0.2) is 245 Å². The van der Waals surface area contributed by atoms with Crippen molar-refractivity contribution in [3.63, 3.8) is 0 Å². The number of anilines is 2. The normalized spacial score (nSPS) is 14.9. The first-order chi connectivity index (χ1) is 63.0. The van der Waals surface area contributed by atoms with Crippen molar-refractivity contribution >= 4 is 295 Å². The number of hydrogen-bond donors (Lipinski definition) is 2. The molecule has 133 heavy (non-hydrogen) atoms. The van der Waals surface area contributed by atoms with Crippen LogP contribution in [0.1, 0.15) is 186 Å². The minimum absolute atomic E-state index is 0.0689. The van der Waals surface area contributed by atoms with E-state index in [1.807, 2.05) is 36.4 Å². The summed E-state index contributed by atoms with van der Waals surface area (Å²) < 4.78 is 37.7. The number of fused-ring (bicyclic) bond motifs is 6. The molecule has 0 aliphatic carbocycles. The van der Waals surface area contributed by atoms with Crippen LogP contribution in [0.25, 0.3) is 55.6 Å². The number of halogens is 12. The second kappa shape index (κ2) is 50.0. The lowest BCUT2D eigenvalue weighted by Gasteiger charge is -2.32. The van der Waals surface area contributed by atoms with Gasteiger partial charge in [0.25, 0.3) is 17.1 Å². The average Bonchev–Trinajstić information content (AvgIpc) is 1.59. The Kier molecular flexibility index (Phi) is 41.7. The summed E-state index contributed by atoms with van der Waals surface area (Å²) in [7, 11) is -4.48. The van der Waals surface area contributed by atoms with E-state index in [1.165, 1.54) is 207 Å². The van der Waals surface area contributed by atoms with Crippen molar-refractivity contribution < 1.29 is 33.4 Å². The van der Waals surface area contributed by atoms with Crippen LogP contribution < -0.4 is 43.1 Å². The summed E-state index contributed by atoms with van der Waals surface area (Å²) in [5.41, 5.74) is 24.7. The molecule has 704 valence electrons. The van der Waals surface area contributed by atoms with E-state index in [0.717, 1.165) is 39.9 Å². The third-order valence-electron chi connectivity index (χ3n) is 25.8. The van der Waals surface area contributed by atoms with E-state index < -0.39 is 30.9 Å². The molecule has 2 fully saturated rings. The van der Waals surface area contributed by atoms with Gasteiger partial charge >= 0.3 is 14.2 Å². The molecule has 15 rings (SSSR count). The summed E-state index contributed by atoms with van der Waals surface area (Å²) in [5.74, 6) is 0. The summed E-state index contributed by atoms with van der Waals surface area (Å²) >= 11 is 38.5. The molecule has 4 N–H and O–H groups in total. The fraction of sp³-hybridized carbons (Fsp3) is 0.353. The largest absolute Gasteiger partial charge is 0.494 e. The molecule has 11 aromatic carbocycles. The summed E-state index contributed by atoms with van der Waals surface area (Å²) in [4.78, 5) is 31.0. The topological polar surface area (TPSA) is 218 Å². The number of nitrogen functional groups attached to an aromatic ring is 2. The Morgan fingerprint density at radius 3 is 0.797 bits per heavy atom. The molecule has 0 unspecified atom stereocenters. The van der Waals surface area contributed by atoms with Crippen molar-refractivity contribution in [3.8, 4) is 55.6 Å². The maximum Gasteiger partial charge on any atom is 0.494 e. The van der Waals surface area contributed by atoms with E-state index in [1.54, 1.807) is 45.0 Å². The van der Waals surface area contributed by atoms with Gasteiger partial charge in [0.2, 0.25) is 0 Å². The number of nitro groups is 3. The van der Waals surface area contributed by atoms with Gasteiger partial charge in [-0.15, -0.1) is 0 Å². The Morgan fingerprint density at radius 2 is 0.526 bits per heavy atom. The standard InChI is InChI=1S/C36H56B2O4Si.C24H32Br2Si.C12H6Br2I2.C12H6Br2N2O4.C12H10Br2N2.C6H3Br2NO2/c1-11-13-15-17-23-43(24-18-16-14-12-2)31-25-27(37-39-33(3,4)34(5,6)40-37)19-21-29(31)30-22-20-28(26-32(30)43)38-41-35(7,8)36(9,10)42-38;1-3-5-7-9-15-27(16-10-8-6-4-2)23-17-19(25)11-13-21(23)22-14-12-20(26)18-24(22)27;13-7-1-3-9(11(15)5-7)10-4-2-8(14)6-12(10)16;13-7-1-3-9(11(5-7)15(17)18)10-4-2-8(14)6-12(10)16(19)20;13-7-1-3-9(11(15)5-7)10-4-2-8(14)6-12(10)16;7-4-1-2-5(8)6(3-4)9(10)11/h19-22,25-26H,11-18,23-24H2,1-10H3;11-14,17-18H,3-10,15-16H2,1-2H3;1-6H;1-6H;1-6H,15-16H2;1-3H. The van der Waals surface area contributed by atoms with Gasteiger partial charge in [0, 0.05) is 88.1 Å². The maximum absolute atomic E-state index is 11.1. The van der Waals surface area contributed by atoms with E-state index in [0.29, 0.717) is 29.3 Å². The summed E-state index contributed by atoms with van der Waals surface area (Å²) in [6, 6.07) is 71.7. The van der Waals surface area contributed by atoms with Crippen LogP contribution in [0, 0.1) is 37.5 Å². The SMILES string of the molecule is Brc1ccc(-c2ccc(Br)cc2I)c(I)c1.CCCCCC[Si]1(CCCCCC)c2cc(B3OC(C)(C)C(C)(C)O3)ccc2-c2ccc(B3OC(C)(C)C(C)(C)O3)cc21.CCCCCC[Si]1(CCCCCC)c2cc(Br)ccc2-c2ccc(Br)cc21.Nc1cc(Br)ccc1-c1ccc(Br)cc1N.O=[N+]([O-])c1cc(Br)ccc1-c1ccc(Br)cc1[N+](=O)[O-].O=[N+]([O-])c1cc(Br)ccc1Br. The summed E-state index contributed by atoms with van der Waals surface area (Å²) in [5, 5.41) is 39.1. The van der Waals surface area contributed by atoms with Crippen molar-refractivity contribution in [1.82, 2.24) is 0 Å². The molecule has 0 atom stereocenters. The summed E-state index contributed by atoms with van der Waals surface area (Å²) in [6.45, 7) is 26.4. The Hall–Kier alpha value is -4.12. The second-order valence-electron chi connectivity index (χ2n) is 36.0. The van der Waals surface area contributed by atoms with Crippen LogP contribution in [0.4, 0.5) is 28.4 Å². The monoisotopic (exact) mass is 2690 g/mol. The fourth-order valence-electron chi connectivity index (χ4n) is 17.3. The Bertz CT molecular complexity index is 5530. The highest BCUT2D eigenvalue weighted by atomic mass is 127. The highest BCUT2D eigenvalue weighted by Gasteiger charge is 2.55. The lowest BCUT2D eigenvalue weighted by Crippen LogP contribution is -2.57. The van der Waals surface area contributed by atoms with Gasteiger partial charge in [0.1, 0.15) is 16.1 Å². The van der Waals surface area contributed by atoms with Crippen LogP contribution in [0.5, 0.6) is 0 Å². The molecular formula is C102H113B2Br10I2N5O10Si2. The first-order valence-electron chi connectivity index (χ1n) is 45.1. The molecule has 4 aliphatic heterocycles. The first kappa shape index (κ1) is 111. The van der Waals surface area contributed by atoms with Crippen molar-refractivity contribution in [1.29, 1.82) is 0 Å². The number of benzene rings is 11. The van der Waals surface area contributed by atoms with Gasteiger partial charge in [-0.25, -0.2) is 0 Å². The molecule has 31 heteroatoms. The number of unbranched alkanes of at least 4 members (excludes halogenated alkanes) is 12. The predicted octanol–water partition coefficient (Wildman–Crippen LogP) is 32.9. The Balaban J connectivity index is 0.000000176.